The number of rotatable bonds is 7. The molecule has 0 aliphatic carbocycles. The first-order chi connectivity index (χ1) is 14.7. The molecule has 160 valence electrons. The third-order valence-electron chi connectivity index (χ3n) is 4.32. The van der Waals surface area contributed by atoms with E-state index in [-0.39, 0.29) is 5.91 Å². The number of carbonyl (C=O) groups is 2. The Morgan fingerprint density at radius 2 is 1.77 bits per heavy atom. The zero-order chi connectivity index (χ0) is 22.5. The Hall–Kier alpha value is -3.29. The molecule has 7 nitrogen and oxygen atoms in total. The number of carbonyl (C=O) groups excluding carboxylic acids is 1. The molecule has 1 unspecified atom stereocenters. The fourth-order valence-corrected chi connectivity index (χ4v) is 2.93. The molecule has 0 radical (unpaired) electrons. The van der Waals surface area contributed by atoms with Crippen LogP contribution in [-0.4, -0.2) is 28.0 Å². The number of amides is 1. The molecule has 2 aromatic carbocycles. The highest BCUT2D eigenvalue weighted by Crippen LogP contribution is 2.27. The van der Waals surface area contributed by atoms with Gasteiger partial charge in [-0.3, -0.25) is 9.59 Å². The van der Waals surface area contributed by atoms with E-state index in [9.17, 15) is 9.59 Å². The number of hydrogen-bond acceptors (Lipinski definition) is 5. The lowest BCUT2D eigenvalue weighted by Crippen LogP contribution is -2.25. The van der Waals surface area contributed by atoms with Crippen LogP contribution in [0.15, 0.2) is 54.7 Å². The van der Waals surface area contributed by atoms with E-state index in [1.807, 2.05) is 6.92 Å². The molecular weight excluding hydrogens is 441 g/mol. The van der Waals surface area contributed by atoms with Crippen LogP contribution in [0, 0.1) is 6.92 Å². The molecular formula is C22H19Cl2N3O4. The number of halogens is 2. The zero-order valence-electron chi connectivity index (χ0n) is 16.6. The van der Waals surface area contributed by atoms with Gasteiger partial charge >= 0.3 is 5.97 Å². The van der Waals surface area contributed by atoms with Crippen molar-refractivity contribution in [3.05, 3.63) is 75.9 Å². The molecule has 0 aliphatic rings. The summed E-state index contributed by atoms with van der Waals surface area (Å²) >= 11 is 11.8. The second-order valence-electron chi connectivity index (χ2n) is 6.75. The second kappa shape index (κ2) is 9.68. The third-order valence-corrected chi connectivity index (χ3v) is 5.06. The molecule has 1 aromatic heterocycles. The second-order valence-corrected chi connectivity index (χ2v) is 7.57. The molecule has 0 saturated heterocycles. The number of aromatic nitrogens is 1. The molecule has 1 amide bonds. The number of pyridine rings is 1. The van der Waals surface area contributed by atoms with Crippen molar-refractivity contribution in [1.82, 2.24) is 4.98 Å². The van der Waals surface area contributed by atoms with Gasteiger partial charge in [-0.1, -0.05) is 23.2 Å². The maximum Gasteiger partial charge on any atom is 0.325 e. The number of nitrogens with one attached hydrogen (secondary N) is 2. The molecule has 0 aliphatic heterocycles. The molecule has 3 aromatic rings. The lowest BCUT2D eigenvalue weighted by molar-refractivity contribution is -0.137. The summed E-state index contributed by atoms with van der Waals surface area (Å²) < 4.78 is 5.79. The van der Waals surface area contributed by atoms with Crippen molar-refractivity contribution in [2.45, 2.75) is 19.9 Å². The number of aryl methyl sites for hydroxylation is 1. The van der Waals surface area contributed by atoms with Crippen LogP contribution in [0.1, 0.15) is 22.8 Å². The minimum atomic E-state index is -0.937. The van der Waals surface area contributed by atoms with Crippen LogP contribution < -0.4 is 15.4 Å². The molecule has 3 N–H and O–H groups in total. The standard InChI is InChI=1S/C22H19Cl2N3O4/c1-12-9-15(26-13(2)22(29)30)4-7-19(12)31-20-8-5-16(11-25-20)27-21(28)14-3-6-17(23)18(24)10-14/h3-11,13,26H,1-2H3,(H,27,28)(H,29,30). The molecule has 1 atom stereocenters. The quantitative estimate of drug-likeness (QED) is 0.423. The van der Waals surface area contributed by atoms with Gasteiger partial charge in [-0.2, -0.15) is 0 Å². The largest absolute Gasteiger partial charge is 0.480 e. The Morgan fingerprint density at radius 1 is 1.03 bits per heavy atom. The Morgan fingerprint density at radius 3 is 2.39 bits per heavy atom. The monoisotopic (exact) mass is 459 g/mol. The molecule has 3 rings (SSSR count). The molecule has 9 heteroatoms. The van der Waals surface area contributed by atoms with E-state index in [1.54, 1.807) is 49.4 Å². The van der Waals surface area contributed by atoms with Gasteiger partial charge in [0.25, 0.3) is 5.91 Å². The summed E-state index contributed by atoms with van der Waals surface area (Å²) in [4.78, 5) is 27.5. The fourth-order valence-electron chi connectivity index (χ4n) is 2.63. The van der Waals surface area contributed by atoms with E-state index >= 15 is 0 Å². The first-order valence-electron chi connectivity index (χ1n) is 9.23. The number of ether oxygens (including phenoxy) is 1. The van der Waals surface area contributed by atoms with E-state index in [4.69, 9.17) is 33.0 Å². The van der Waals surface area contributed by atoms with Crippen LogP contribution in [0.2, 0.25) is 10.0 Å². The minimum absolute atomic E-state index is 0.296. The number of anilines is 2. The van der Waals surface area contributed by atoms with Gasteiger partial charge in [0.2, 0.25) is 5.88 Å². The first-order valence-corrected chi connectivity index (χ1v) is 9.99. The van der Waals surface area contributed by atoms with Crippen LogP contribution in [-0.2, 0) is 4.79 Å². The van der Waals surface area contributed by atoms with Crippen molar-refractivity contribution >= 4 is 46.5 Å². The molecule has 0 saturated carbocycles. The van der Waals surface area contributed by atoms with Gasteiger partial charge < -0.3 is 20.5 Å². The molecule has 0 fully saturated rings. The maximum absolute atomic E-state index is 12.3. The van der Waals surface area contributed by atoms with Crippen molar-refractivity contribution in [3.8, 4) is 11.6 Å². The van der Waals surface area contributed by atoms with Gasteiger partial charge in [0.05, 0.1) is 21.9 Å². The Kier molecular flexibility index (Phi) is 6.99. The van der Waals surface area contributed by atoms with Crippen molar-refractivity contribution in [1.29, 1.82) is 0 Å². The zero-order valence-corrected chi connectivity index (χ0v) is 18.2. The van der Waals surface area contributed by atoms with Crippen molar-refractivity contribution in [2.75, 3.05) is 10.6 Å². The van der Waals surface area contributed by atoms with E-state index in [0.717, 1.165) is 5.56 Å². The summed E-state index contributed by atoms with van der Waals surface area (Å²) in [5.41, 5.74) is 2.34. The van der Waals surface area contributed by atoms with Crippen molar-refractivity contribution < 1.29 is 19.4 Å². The van der Waals surface area contributed by atoms with Crippen LogP contribution in [0.4, 0.5) is 11.4 Å². The maximum atomic E-state index is 12.3. The number of carboxylic acids is 1. The van der Waals surface area contributed by atoms with Crippen LogP contribution in [0.25, 0.3) is 0 Å². The normalized spacial score (nSPS) is 11.5. The summed E-state index contributed by atoms with van der Waals surface area (Å²) in [5, 5.41) is 15.3. The van der Waals surface area contributed by atoms with Gasteiger partial charge in [-0.25, -0.2) is 4.98 Å². The van der Waals surface area contributed by atoms with E-state index in [1.165, 1.54) is 12.3 Å². The van der Waals surface area contributed by atoms with E-state index < -0.39 is 12.0 Å². The van der Waals surface area contributed by atoms with Crippen molar-refractivity contribution in [3.63, 3.8) is 0 Å². The SMILES string of the molecule is Cc1cc(NC(C)C(=O)O)ccc1Oc1ccc(NC(=O)c2ccc(Cl)c(Cl)c2)cn1. The van der Waals surface area contributed by atoms with Gasteiger partial charge in [0, 0.05) is 17.3 Å². The van der Waals surface area contributed by atoms with Gasteiger partial charge in [0.15, 0.2) is 0 Å². The number of nitrogens with zero attached hydrogens (tertiary/aromatic N) is 1. The lowest BCUT2D eigenvalue weighted by atomic mass is 10.2. The Bertz CT molecular complexity index is 1120. The third kappa shape index (κ3) is 5.87. The predicted molar refractivity (Wildman–Crippen MR) is 121 cm³/mol. The first kappa shape index (κ1) is 22.4. The predicted octanol–water partition coefficient (Wildman–Crippen LogP) is 5.63. The average Bonchev–Trinajstić information content (AvgIpc) is 2.73. The lowest BCUT2D eigenvalue weighted by Gasteiger charge is -2.14. The van der Waals surface area contributed by atoms with Gasteiger partial charge in [-0.15, -0.1) is 0 Å². The Labute approximate surface area is 189 Å². The van der Waals surface area contributed by atoms with Crippen molar-refractivity contribution in [2.24, 2.45) is 0 Å². The summed E-state index contributed by atoms with van der Waals surface area (Å²) in [5.74, 6) is -0.360. The number of benzene rings is 2. The van der Waals surface area contributed by atoms with E-state index in [2.05, 4.69) is 15.6 Å². The van der Waals surface area contributed by atoms with Crippen LogP contribution in [0.5, 0.6) is 11.6 Å². The number of aliphatic carboxylic acids is 1. The van der Waals surface area contributed by atoms with Gasteiger partial charge in [-0.05, 0) is 61.9 Å². The number of hydrogen-bond donors (Lipinski definition) is 3. The highest BCUT2D eigenvalue weighted by molar-refractivity contribution is 6.42. The molecule has 1 heterocycles. The Balaban J connectivity index is 1.64. The molecule has 31 heavy (non-hydrogen) atoms. The number of carboxylic acid groups (broad SMARTS) is 1. The highest BCUT2D eigenvalue weighted by Gasteiger charge is 2.12. The molecule has 0 bridgehead atoms. The summed E-state index contributed by atoms with van der Waals surface area (Å²) in [6.07, 6.45) is 1.48. The summed E-state index contributed by atoms with van der Waals surface area (Å²) in [7, 11) is 0. The smallest absolute Gasteiger partial charge is 0.325 e. The summed E-state index contributed by atoms with van der Waals surface area (Å²) in [6, 6.07) is 12.5. The van der Waals surface area contributed by atoms with E-state index in [0.29, 0.717) is 38.6 Å². The topological polar surface area (TPSA) is 101 Å². The minimum Gasteiger partial charge on any atom is -0.480 e. The van der Waals surface area contributed by atoms with Gasteiger partial charge in [0.1, 0.15) is 11.8 Å². The highest BCUT2D eigenvalue weighted by atomic mass is 35.5. The van der Waals surface area contributed by atoms with Crippen LogP contribution in [0.3, 0.4) is 0 Å². The average molecular weight is 460 g/mol. The van der Waals surface area contributed by atoms with Crippen LogP contribution >= 0.6 is 23.2 Å². The fraction of sp³-hybridized carbons (Fsp3) is 0.136. The molecule has 0 spiro atoms. The summed E-state index contributed by atoms with van der Waals surface area (Å²) in [6.45, 7) is 3.41.